The van der Waals surface area contributed by atoms with E-state index >= 15 is 8.78 Å². The quantitative estimate of drug-likeness (QED) is 0.0946. The molecule has 4 aromatic carbocycles. The number of benzene rings is 4. The van der Waals surface area contributed by atoms with Crippen LogP contribution >= 0.6 is 23.2 Å². The predicted molar refractivity (Wildman–Crippen MR) is 299 cm³/mol. The van der Waals surface area contributed by atoms with Crippen molar-refractivity contribution < 1.29 is 47.2 Å². The number of nitrogens with zero attached hydrogens (tertiary/aromatic N) is 10. The minimum absolute atomic E-state index is 0.00760. The highest BCUT2D eigenvalue weighted by Crippen LogP contribution is 2.52. The zero-order chi connectivity index (χ0) is 59.1. The van der Waals surface area contributed by atoms with Gasteiger partial charge in [0, 0.05) is 78.8 Å². The molecule has 2 amide bonds. The SMILES string of the molecule is CCC(O)(c1cc(F)c2c(c1)C(=O)N(Cc1ccc(C#N)cn1)[C@@]2(O[C@H]1CCOC1)c1ccc(Cl)cc1)c1ccn(C)n1.Cn1ccc(C(=O)c2cc(F)c3c(c2)C(=O)N(Cc2ccc(C#N)cn2)[C@@]3(O[C@H]2CCOC2)c2ccc(Cl)cc2)n1. The van der Waals surface area contributed by atoms with Gasteiger partial charge in [0.2, 0.25) is 17.2 Å². The van der Waals surface area contributed by atoms with Crippen LogP contribution < -0.4 is 0 Å². The van der Waals surface area contributed by atoms with Crippen LogP contribution in [0.1, 0.15) is 119 Å². The molecule has 84 heavy (non-hydrogen) atoms. The number of aryl methyl sites for hydroxylation is 2. The van der Waals surface area contributed by atoms with Gasteiger partial charge in [0.1, 0.15) is 35.1 Å². The summed E-state index contributed by atoms with van der Waals surface area (Å²) < 4.78 is 60.8. The Morgan fingerprint density at radius 1 is 0.702 bits per heavy atom. The summed E-state index contributed by atoms with van der Waals surface area (Å²) in [4.78, 5) is 53.5. The van der Waals surface area contributed by atoms with E-state index in [0.717, 1.165) is 6.07 Å². The van der Waals surface area contributed by atoms with Gasteiger partial charge in [0.25, 0.3) is 11.8 Å². The summed E-state index contributed by atoms with van der Waals surface area (Å²) in [6.45, 7) is 3.11. The maximum atomic E-state index is 16.8. The Morgan fingerprint density at radius 3 is 1.61 bits per heavy atom. The Labute approximate surface area is 490 Å². The highest BCUT2D eigenvalue weighted by molar-refractivity contribution is 6.30. The van der Waals surface area contributed by atoms with Gasteiger partial charge in [-0.15, -0.1) is 0 Å². The van der Waals surface area contributed by atoms with E-state index in [9.17, 15) is 30.0 Å². The Kier molecular flexibility index (Phi) is 15.8. The lowest BCUT2D eigenvalue weighted by molar-refractivity contribution is -0.149. The maximum Gasteiger partial charge on any atom is 0.257 e. The Morgan fingerprint density at radius 2 is 1.19 bits per heavy atom. The smallest absolute Gasteiger partial charge is 0.257 e. The molecule has 12 rings (SSSR count). The molecule has 2 fully saturated rings. The first-order chi connectivity index (χ1) is 40.5. The van der Waals surface area contributed by atoms with E-state index in [1.54, 1.807) is 117 Å². The second-order valence-corrected chi connectivity index (χ2v) is 21.5. The molecule has 4 aromatic heterocycles. The van der Waals surface area contributed by atoms with Gasteiger partial charge >= 0.3 is 0 Å². The number of aromatic nitrogens is 6. The number of rotatable bonds is 15. The van der Waals surface area contributed by atoms with Gasteiger partial charge in [-0.05, 0) is 110 Å². The van der Waals surface area contributed by atoms with Crippen LogP contribution in [0.4, 0.5) is 8.78 Å². The van der Waals surface area contributed by atoms with Crippen molar-refractivity contribution in [2.45, 2.75) is 68.5 Å². The number of ether oxygens (including phenoxy) is 4. The van der Waals surface area contributed by atoms with Crippen LogP contribution in [0, 0.1) is 34.3 Å². The summed E-state index contributed by atoms with van der Waals surface area (Å²) in [7, 11) is 3.40. The summed E-state index contributed by atoms with van der Waals surface area (Å²) in [5, 5.41) is 39.7. The second kappa shape index (κ2) is 23.2. The van der Waals surface area contributed by atoms with Crippen LogP contribution in [0.2, 0.25) is 10.0 Å². The number of pyridine rings is 2. The Bertz CT molecular complexity index is 3920. The standard InChI is InChI=1S/C32H29ClFN5O4.C30H23ClFN5O4/c1-3-31(41,28-10-12-38(2)37-28)22-14-26-29(27(34)15-22)32(43-25-11-13-42-19-25,21-5-7-23(33)8-6-21)39(30(26)40)18-24-9-4-20(16-35)17-36-24;1-36-10-8-26(35-36)28(38)19-12-24-27(25(32)13-19)30(41-23-9-11-40-17-23,20-3-5-21(31)6-4-20)37(29(24)39)16-22-7-2-18(14-33)15-34-22/h4-10,12,14-15,17,25,41H,3,11,13,18-19H2,1-2H3;2-8,10,12-13,15,23H,9,11,16-17H2,1H3/t25-,31?,32+;23-,30+/m00/s1. The van der Waals surface area contributed by atoms with Crippen molar-refractivity contribution in [1.29, 1.82) is 10.5 Å². The molecule has 1 N–H and O–H groups in total. The fourth-order valence-electron chi connectivity index (χ4n) is 11.2. The largest absolute Gasteiger partial charge is 0.379 e. The van der Waals surface area contributed by atoms with E-state index < -0.39 is 58.5 Å². The molecule has 4 aliphatic rings. The summed E-state index contributed by atoms with van der Waals surface area (Å²) in [5.74, 6) is -3.06. The van der Waals surface area contributed by atoms with Crippen LogP contribution in [0.25, 0.3) is 0 Å². The molecule has 0 aliphatic carbocycles. The molecule has 22 heteroatoms. The topological polar surface area (TPSA) is 224 Å². The van der Waals surface area contributed by atoms with Gasteiger partial charge in [-0.1, -0.05) is 54.4 Å². The predicted octanol–water partition coefficient (Wildman–Crippen LogP) is 9.16. The average Bonchev–Trinajstić information content (AvgIpc) is 1.77. The van der Waals surface area contributed by atoms with E-state index in [1.165, 1.54) is 51.1 Å². The minimum Gasteiger partial charge on any atom is -0.379 e. The number of hydrogen-bond acceptors (Lipinski definition) is 14. The van der Waals surface area contributed by atoms with Crippen LogP contribution in [0.15, 0.2) is 134 Å². The molecule has 8 heterocycles. The lowest BCUT2D eigenvalue weighted by atomic mass is 9.84. The number of carbonyl (C=O) groups excluding carboxylic acids is 3. The number of ketones is 1. The van der Waals surface area contributed by atoms with Crippen molar-refractivity contribution in [3.63, 3.8) is 0 Å². The number of nitriles is 2. The molecule has 18 nitrogen and oxygen atoms in total. The first kappa shape index (κ1) is 57.3. The van der Waals surface area contributed by atoms with Crippen molar-refractivity contribution in [3.8, 4) is 12.1 Å². The normalized spacial score (nSPS) is 20.5. The first-order valence-electron chi connectivity index (χ1n) is 26.8. The monoisotopic (exact) mass is 1170 g/mol. The molecule has 426 valence electrons. The number of halogens is 4. The molecular weight excluding hydrogens is 1120 g/mol. The van der Waals surface area contributed by atoms with Crippen LogP contribution in [-0.2, 0) is 63.2 Å². The van der Waals surface area contributed by atoms with Crippen molar-refractivity contribution in [2.24, 2.45) is 14.1 Å². The van der Waals surface area contributed by atoms with E-state index in [0.29, 0.717) is 75.4 Å². The zero-order valence-corrected chi connectivity index (χ0v) is 47.0. The van der Waals surface area contributed by atoms with Crippen LogP contribution in [-0.4, -0.2) is 101 Å². The summed E-state index contributed by atoms with van der Waals surface area (Å²) in [6, 6.07) is 32.5. The molecule has 8 aromatic rings. The van der Waals surface area contributed by atoms with Gasteiger partial charge in [-0.3, -0.25) is 43.5 Å². The molecule has 4 aliphatic heterocycles. The molecule has 1 unspecified atom stereocenters. The Balaban J connectivity index is 0.000000176. The van der Waals surface area contributed by atoms with Gasteiger partial charge in [-0.25, -0.2) is 8.78 Å². The molecule has 0 bridgehead atoms. The maximum absolute atomic E-state index is 16.8. The number of carbonyl (C=O) groups is 3. The fraction of sp³-hybridized carbons (Fsp3) is 0.274. The highest BCUT2D eigenvalue weighted by atomic mass is 35.5. The molecule has 2 saturated heterocycles. The molecular formula is C62H52Cl2F2N10O8. The van der Waals surface area contributed by atoms with Crippen molar-refractivity contribution in [1.82, 2.24) is 39.3 Å². The lowest BCUT2D eigenvalue weighted by Gasteiger charge is -2.41. The highest BCUT2D eigenvalue weighted by Gasteiger charge is 2.58. The van der Waals surface area contributed by atoms with E-state index in [2.05, 4.69) is 20.2 Å². The third-order valence-corrected chi connectivity index (χ3v) is 15.9. The van der Waals surface area contributed by atoms with Crippen molar-refractivity contribution in [2.75, 3.05) is 26.4 Å². The van der Waals surface area contributed by atoms with E-state index in [4.69, 9.17) is 42.1 Å². The summed E-state index contributed by atoms with van der Waals surface area (Å²) in [6.07, 6.45) is 6.53. The van der Waals surface area contributed by atoms with Gasteiger partial charge in [-0.2, -0.15) is 20.7 Å². The molecule has 0 spiro atoms. The number of amides is 2. The van der Waals surface area contributed by atoms with Crippen LogP contribution in [0.5, 0.6) is 0 Å². The number of fused-ring (bicyclic) bond motifs is 2. The third-order valence-electron chi connectivity index (χ3n) is 15.4. The molecule has 5 atom stereocenters. The molecule has 0 radical (unpaired) electrons. The van der Waals surface area contributed by atoms with Crippen molar-refractivity contribution in [3.05, 3.63) is 234 Å². The van der Waals surface area contributed by atoms with Gasteiger partial charge in [0.05, 0.1) is 89.0 Å². The number of hydrogen-bond donors (Lipinski definition) is 1. The first-order valence-corrected chi connectivity index (χ1v) is 27.6. The Hall–Kier alpha value is -8.57. The number of aliphatic hydroxyl groups is 1. The summed E-state index contributed by atoms with van der Waals surface area (Å²) >= 11 is 12.5. The van der Waals surface area contributed by atoms with Crippen LogP contribution in [0.3, 0.4) is 0 Å². The minimum atomic E-state index is -1.72. The fourth-order valence-corrected chi connectivity index (χ4v) is 11.4. The van der Waals surface area contributed by atoms with E-state index in [1.807, 2.05) is 12.1 Å². The average molecular weight is 1170 g/mol. The third kappa shape index (κ3) is 10.4. The lowest BCUT2D eigenvalue weighted by Crippen LogP contribution is -2.49. The van der Waals surface area contributed by atoms with Crippen molar-refractivity contribution >= 4 is 40.8 Å². The van der Waals surface area contributed by atoms with Gasteiger partial charge in [0.15, 0.2) is 0 Å². The van der Waals surface area contributed by atoms with Gasteiger partial charge < -0.3 is 24.1 Å². The van der Waals surface area contributed by atoms with E-state index in [-0.39, 0.29) is 71.8 Å². The second-order valence-electron chi connectivity index (χ2n) is 20.6. The zero-order valence-electron chi connectivity index (χ0n) is 45.5. The molecule has 0 saturated carbocycles. The summed E-state index contributed by atoms with van der Waals surface area (Å²) in [5.41, 5.74) is -1.74.